The van der Waals surface area contributed by atoms with E-state index in [1.54, 1.807) is 23.9 Å². The normalized spacial score (nSPS) is 13.1. The average Bonchev–Trinajstić information content (AvgIpc) is 3.19. The molecule has 1 amide bonds. The largest absolute Gasteiger partial charge is 0.433 e. The maximum atomic E-state index is 13.3. The van der Waals surface area contributed by atoms with Gasteiger partial charge in [0.15, 0.2) is 11.3 Å². The lowest BCUT2D eigenvalue weighted by Gasteiger charge is -2.10. The fraction of sp³-hybridized carbons (Fsp3) is 0.375. The number of aryl methyl sites for hydroxylation is 2. The molecule has 144 valence electrons. The molecule has 0 spiro atoms. The van der Waals surface area contributed by atoms with Gasteiger partial charge in [-0.1, -0.05) is 11.6 Å². The van der Waals surface area contributed by atoms with Crippen LogP contribution >= 0.6 is 11.6 Å². The molecule has 1 atom stereocenters. The SMILES string of the molecule is CCn1ccc(C(C)NC(=O)c2nn3c(C(F)(F)F)cc(C)nc3c2Cl)n1. The van der Waals surface area contributed by atoms with Crippen molar-refractivity contribution < 1.29 is 18.0 Å². The van der Waals surface area contributed by atoms with Crippen LogP contribution in [0.4, 0.5) is 13.2 Å². The smallest absolute Gasteiger partial charge is 0.342 e. The summed E-state index contributed by atoms with van der Waals surface area (Å²) in [5.41, 5.74) is -0.892. The van der Waals surface area contributed by atoms with E-state index in [0.717, 1.165) is 6.07 Å². The third-order valence-electron chi connectivity index (χ3n) is 3.94. The van der Waals surface area contributed by atoms with Crippen molar-refractivity contribution in [1.29, 1.82) is 0 Å². The Hall–Kier alpha value is -2.62. The Balaban J connectivity index is 1.96. The topological polar surface area (TPSA) is 77.1 Å². The number of aromatic nitrogens is 5. The van der Waals surface area contributed by atoms with Gasteiger partial charge in [0.2, 0.25) is 0 Å². The number of fused-ring (bicyclic) bond motifs is 1. The molecule has 0 aliphatic rings. The van der Waals surface area contributed by atoms with Crippen LogP contribution < -0.4 is 5.32 Å². The lowest BCUT2D eigenvalue weighted by Crippen LogP contribution is -2.27. The van der Waals surface area contributed by atoms with Gasteiger partial charge in [-0.05, 0) is 32.9 Å². The van der Waals surface area contributed by atoms with E-state index in [4.69, 9.17) is 11.6 Å². The van der Waals surface area contributed by atoms with Crippen LogP contribution in [0.3, 0.4) is 0 Å². The van der Waals surface area contributed by atoms with Crippen LogP contribution in [-0.4, -0.2) is 30.3 Å². The number of alkyl halides is 3. The molecule has 0 aromatic carbocycles. The molecule has 3 heterocycles. The fourth-order valence-corrected chi connectivity index (χ4v) is 2.83. The van der Waals surface area contributed by atoms with Crippen LogP contribution in [0.1, 0.15) is 47.5 Å². The standard InChI is InChI=1S/C16H16ClF3N6O/c1-4-25-6-5-10(23-25)9(3)22-15(27)13-12(17)14-21-8(2)7-11(16(18,19)20)26(14)24-13/h5-7,9H,4H2,1-3H3,(H,22,27). The minimum Gasteiger partial charge on any atom is -0.342 e. The van der Waals surface area contributed by atoms with E-state index >= 15 is 0 Å². The molecule has 3 aromatic rings. The summed E-state index contributed by atoms with van der Waals surface area (Å²) in [5.74, 6) is -0.713. The zero-order valence-corrected chi connectivity index (χ0v) is 15.4. The molecule has 7 nitrogen and oxygen atoms in total. The van der Waals surface area contributed by atoms with Gasteiger partial charge in [0.05, 0.1) is 11.7 Å². The molecule has 0 saturated carbocycles. The average molecular weight is 401 g/mol. The van der Waals surface area contributed by atoms with Crippen molar-refractivity contribution in [1.82, 2.24) is 29.7 Å². The Labute approximate surface area is 157 Å². The van der Waals surface area contributed by atoms with E-state index in [1.807, 2.05) is 6.92 Å². The van der Waals surface area contributed by atoms with Crippen LogP contribution in [0.25, 0.3) is 5.65 Å². The zero-order valence-electron chi connectivity index (χ0n) is 14.7. The van der Waals surface area contributed by atoms with Crippen molar-refractivity contribution in [3.05, 3.63) is 46.1 Å². The molecule has 0 fully saturated rings. The number of rotatable bonds is 4. The van der Waals surface area contributed by atoms with Gasteiger partial charge in [-0.3, -0.25) is 9.48 Å². The second-order valence-electron chi connectivity index (χ2n) is 5.97. The minimum atomic E-state index is -4.67. The first-order valence-corrected chi connectivity index (χ1v) is 8.47. The van der Waals surface area contributed by atoms with Crippen molar-refractivity contribution in [3.8, 4) is 0 Å². The van der Waals surface area contributed by atoms with Crippen molar-refractivity contribution in [2.24, 2.45) is 0 Å². The van der Waals surface area contributed by atoms with Crippen molar-refractivity contribution >= 4 is 23.2 Å². The summed E-state index contributed by atoms with van der Waals surface area (Å²) in [6.45, 7) is 5.70. The maximum absolute atomic E-state index is 13.3. The van der Waals surface area contributed by atoms with Gasteiger partial charge < -0.3 is 5.32 Å². The summed E-state index contributed by atoms with van der Waals surface area (Å²) in [5, 5.41) is 10.4. The molecular weight excluding hydrogens is 385 g/mol. The first kappa shape index (κ1) is 19.2. The Bertz CT molecular complexity index is 1010. The number of nitrogens with zero attached hydrogens (tertiary/aromatic N) is 5. The molecule has 1 unspecified atom stereocenters. The van der Waals surface area contributed by atoms with Crippen molar-refractivity contribution in [3.63, 3.8) is 0 Å². The fourth-order valence-electron chi connectivity index (χ4n) is 2.58. The molecule has 0 bridgehead atoms. The highest BCUT2D eigenvalue weighted by molar-refractivity contribution is 6.36. The summed E-state index contributed by atoms with van der Waals surface area (Å²) >= 11 is 6.11. The highest BCUT2D eigenvalue weighted by Crippen LogP contribution is 2.32. The van der Waals surface area contributed by atoms with Crippen molar-refractivity contribution in [2.45, 2.75) is 39.5 Å². The number of hydrogen-bond acceptors (Lipinski definition) is 4. The number of hydrogen-bond donors (Lipinski definition) is 1. The highest BCUT2D eigenvalue weighted by Gasteiger charge is 2.36. The van der Waals surface area contributed by atoms with Crippen LogP contribution in [0, 0.1) is 6.92 Å². The van der Waals surface area contributed by atoms with E-state index in [-0.39, 0.29) is 22.1 Å². The Morgan fingerprint density at radius 3 is 2.67 bits per heavy atom. The molecule has 0 radical (unpaired) electrons. The number of carbonyl (C=O) groups excluding carboxylic acids is 1. The van der Waals surface area contributed by atoms with Crippen LogP contribution in [0.2, 0.25) is 5.02 Å². The first-order valence-electron chi connectivity index (χ1n) is 8.09. The third kappa shape index (κ3) is 3.61. The number of halogens is 4. The van der Waals surface area contributed by atoms with Gasteiger partial charge in [-0.2, -0.15) is 23.4 Å². The van der Waals surface area contributed by atoms with Gasteiger partial charge in [0, 0.05) is 18.4 Å². The van der Waals surface area contributed by atoms with Gasteiger partial charge in [0.1, 0.15) is 10.7 Å². The summed E-state index contributed by atoms with van der Waals surface area (Å²) in [7, 11) is 0. The number of amides is 1. The quantitative estimate of drug-likeness (QED) is 0.728. The minimum absolute atomic E-state index is 0.113. The lowest BCUT2D eigenvalue weighted by atomic mass is 10.2. The highest BCUT2D eigenvalue weighted by atomic mass is 35.5. The van der Waals surface area contributed by atoms with Gasteiger partial charge >= 0.3 is 6.18 Å². The van der Waals surface area contributed by atoms with E-state index in [9.17, 15) is 18.0 Å². The molecule has 3 rings (SSSR count). The summed E-state index contributed by atoms with van der Waals surface area (Å²) in [6, 6.07) is 2.10. The van der Waals surface area contributed by atoms with E-state index in [0.29, 0.717) is 16.8 Å². The van der Waals surface area contributed by atoms with Gasteiger partial charge in [-0.15, -0.1) is 0 Å². The molecule has 11 heteroatoms. The molecule has 0 aliphatic heterocycles. The van der Waals surface area contributed by atoms with E-state index in [1.165, 1.54) is 6.92 Å². The molecule has 1 N–H and O–H groups in total. The molecule has 0 saturated heterocycles. The molecule has 3 aromatic heterocycles. The van der Waals surface area contributed by atoms with Crippen LogP contribution in [0.5, 0.6) is 0 Å². The predicted molar refractivity (Wildman–Crippen MR) is 91.5 cm³/mol. The Morgan fingerprint density at radius 1 is 1.37 bits per heavy atom. The van der Waals surface area contributed by atoms with Crippen LogP contribution in [-0.2, 0) is 12.7 Å². The van der Waals surface area contributed by atoms with E-state index in [2.05, 4.69) is 20.5 Å². The lowest BCUT2D eigenvalue weighted by molar-refractivity contribution is -0.142. The maximum Gasteiger partial charge on any atom is 0.433 e. The van der Waals surface area contributed by atoms with Gasteiger partial charge in [-0.25, -0.2) is 9.50 Å². The van der Waals surface area contributed by atoms with Gasteiger partial charge in [0.25, 0.3) is 5.91 Å². The summed E-state index contributed by atoms with van der Waals surface area (Å²) in [4.78, 5) is 16.5. The zero-order chi connectivity index (χ0) is 19.9. The number of carbonyl (C=O) groups is 1. The summed E-state index contributed by atoms with van der Waals surface area (Å²) in [6.07, 6.45) is -2.91. The van der Waals surface area contributed by atoms with Crippen LogP contribution in [0.15, 0.2) is 18.3 Å². The second kappa shape index (κ2) is 6.84. The Kier molecular flexibility index (Phi) is 4.85. The Morgan fingerprint density at radius 2 is 2.07 bits per heavy atom. The second-order valence-corrected chi connectivity index (χ2v) is 6.35. The van der Waals surface area contributed by atoms with Crippen molar-refractivity contribution in [2.75, 3.05) is 0 Å². The molecule has 27 heavy (non-hydrogen) atoms. The predicted octanol–water partition coefficient (Wildman–Crippen LogP) is 3.42. The number of nitrogens with one attached hydrogen (secondary N) is 1. The summed E-state index contributed by atoms with van der Waals surface area (Å²) < 4.78 is 42.0. The van der Waals surface area contributed by atoms with E-state index < -0.39 is 23.8 Å². The molecular formula is C16H16ClF3N6O. The third-order valence-corrected chi connectivity index (χ3v) is 4.29. The molecule has 0 aliphatic carbocycles. The monoisotopic (exact) mass is 400 g/mol. The first-order chi connectivity index (χ1) is 12.6.